The van der Waals surface area contributed by atoms with Crippen LogP contribution in [-0.2, 0) is 6.54 Å². The van der Waals surface area contributed by atoms with Crippen LogP contribution >= 0.6 is 11.6 Å². The second-order valence-electron chi connectivity index (χ2n) is 6.28. The van der Waals surface area contributed by atoms with E-state index in [0.29, 0.717) is 0 Å². The largest absolute Gasteiger partial charge is 0.383 e. The van der Waals surface area contributed by atoms with Gasteiger partial charge in [0.15, 0.2) is 0 Å². The van der Waals surface area contributed by atoms with E-state index in [1.165, 1.54) is 5.56 Å². The quantitative estimate of drug-likeness (QED) is 0.811. The molecule has 2 aromatic carbocycles. The molecule has 1 aliphatic rings. The van der Waals surface area contributed by atoms with Crippen molar-refractivity contribution in [2.75, 3.05) is 25.0 Å². The predicted molar refractivity (Wildman–Crippen MR) is 93.6 cm³/mol. The third-order valence-corrected chi connectivity index (χ3v) is 5.04. The summed E-state index contributed by atoms with van der Waals surface area (Å²) in [5, 5.41) is 3.48. The molecule has 0 radical (unpaired) electrons. The lowest BCUT2D eigenvalue weighted by atomic mass is 9.95. The molecule has 0 aromatic heterocycles. The number of piperidine rings is 1. The summed E-state index contributed by atoms with van der Waals surface area (Å²) in [6, 6.07) is 21.1. The van der Waals surface area contributed by atoms with E-state index in [1.54, 1.807) is 4.90 Å². The molecule has 2 aromatic rings. The molecule has 0 bridgehead atoms. The monoisotopic (exact) mass is 315 g/mol. The van der Waals surface area contributed by atoms with Gasteiger partial charge in [0.1, 0.15) is 6.54 Å². The van der Waals surface area contributed by atoms with Crippen LogP contribution in [0.15, 0.2) is 60.7 Å². The topological polar surface area (TPSA) is 16.5 Å². The Kier molecular flexibility index (Phi) is 5.01. The molecule has 1 fully saturated rings. The first-order chi connectivity index (χ1) is 10.7. The maximum Gasteiger partial charge on any atom is 0.103 e. The van der Waals surface area contributed by atoms with Crippen molar-refractivity contribution < 1.29 is 4.90 Å². The number of quaternary nitrogens is 1. The predicted octanol–water partition coefficient (Wildman–Crippen LogP) is 2.96. The standard InChI is InChI=1S/C19H23ClN2/c20-19(16-21-18-9-5-2-6-10-18)11-13-22(14-12-19)15-17-7-3-1-4-8-17/h1-10,21H,11-16H2/p+1. The van der Waals surface area contributed by atoms with Gasteiger partial charge in [-0.25, -0.2) is 0 Å². The lowest BCUT2D eigenvalue weighted by Crippen LogP contribution is -3.12. The third kappa shape index (κ3) is 4.25. The summed E-state index contributed by atoms with van der Waals surface area (Å²) in [6.45, 7) is 4.25. The zero-order valence-corrected chi connectivity index (χ0v) is 13.7. The van der Waals surface area contributed by atoms with Gasteiger partial charge in [-0.05, 0) is 12.1 Å². The van der Waals surface area contributed by atoms with Crippen molar-refractivity contribution in [2.45, 2.75) is 24.3 Å². The first kappa shape index (κ1) is 15.4. The van der Waals surface area contributed by atoms with Crippen molar-refractivity contribution in [2.24, 2.45) is 0 Å². The molecule has 22 heavy (non-hydrogen) atoms. The zero-order valence-electron chi connectivity index (χ0n) is 12.9. The number of hydrogen-bond donors (Lipinski definition) is 2. The van der Waals surface area contributed by atoms with Gasteiger partial charge in [-0.15, -0.1) is 11.6 Å². The van der Waals surface area contributed by atoms with E-state index in [4.69, 9.17) is 11.6 Å². The van der Waals surface area contributed by atoms with Gasteiger partial charge in [0.05, 0.1) is 18.0 Å². The summed E-state index contributed by atoms with van der Waals surface area (Å²) in [4.78, 5) is 1.54. The fourth-order valence-corrected chi connectivity index (χ4v) is 3.36. The molecule has 0 atom stereocenters. The molecule has 1 aliphatic heterocycles. The highest BCUT2D eigenvalue weighted by Crippen LogP contribution is 2.25. The van der Waals surface area contributed by atoms with Gasteiger partial charge < -0.3 is 10.2 Å². The van der Waals surface area contributed by atoms with E-state index < -0.39 is 0 Å². The Balaban J connectivity index is 1.48. The van der Waals surface area contributed by atoms with Gasteiger partial charge in [-0.3, -0.25) is 0 Å². The van der Waals surface area contributed by atoms with Crippen LogP contribution in [0, 0.1) is 0 Å². The number of alkyl halides is 1. The van der Waals surface area contributed by atoms with Crippen molar-refractivity contribution >= 4 is 17.3 Å². The molecule has 1 heterocycles. The molecular formula is C19H24ClN2+. The van der Waals surface area contributed by atoms with Gasteiger partial charge in [0.2, 0.25) is 0 Å². The van der Waals surface area contributed by atoms with E-state index in [2.05, 4.69) is 59.9 Å². The summed E-state index contributed by atoms with van der Waals surface area (Å²) in [7, 11) is 0. The summed E-state index contributed by atoms with van der Waals surface area (Å²) < 4.78 is 0. The molecule has 0 amide bonds. The molecule has 2 nitrogen and oxygen atoms in total. The molecule has 3 rings (SSSR count). The van der Waals surface area contributed by atoms with Crippen LogP contribution in [0.2, 0.25) is 0 Å². The number of likely N-dealkylation sites (tertiary alicyclic amines) is 1. The Morgan fingerprint density at radius 2 is 1.50 bits per heavy atom. The van der Waals surface area contributed by atoms with Gasteiger partial charge in [0.25, 0.3) is 0 Å². The van der Waals surface area contributed by atoms with E-state index in [-0.39, 0.29) is 4.87 Å². The molecule has 0 spiro atoms. The van der Waals surface area contributed by atoms with Crippen LogP contribution in [0.5, 0.6) is 0 Å². The van der Waals surface area contributed by atoms with Crippen molar-refractivity contribution in [1.29, 1.82) is 0 Å². The number of rotatable bonds is 5. The Bertz CT molecular complexity index is 563. The molecule has 0 unspecified atom stereocenters. The van der Waals surface area contributed by atoms with Crippen molar-refractivity contribution in [1.82, 2.24) is 0 Å². The summed E-state index contributed by atoms with van der Waals surface area (Å²) in [6.07, 6.45) is 2.13. The molecule has 0 aliphatic carbocycles. The summed E-state index contributed by atoms with van der Waals surface area (Å²) >= 11 is 6.82. The first-order valence-electron chi connectivity index (χ1n) is 8.09. The van der Waals surface area contributed by atoms with E-state index in [9.17, 15) is 0 Å². The number of nitrogens with one attached hydrogen (secondary N) is 2. The second-order valence-corrected chi connectivity index (χ2v) is 7.08. The number of benzene rings is 2. The number of anilines is 1. The molecule has 116 valence electrons. The highest BCUT2D eigenvalue weighted by molar-refractivity contribution is 6.24. The van der Waals surface area contributed by atoms with Gasteiger partial charge in [-0.1, -0.05) is 48.5 Å². The smallest absolute Gasteiger partial charge is 0.103 e. The van der Waals surface area contributed by atoms with E-state index >= 15 is 0 Å². The Labute approximate surface area is 138 Å². The minimum absolute atomic E-state index is 0.101. The summed E-state index contributed by atoms with van der Waals surface area (Å²) in [5.74, 6) is 0. The highest BCUT2D eigenvalue weighted by atomic mass is 35.5. The average Bonchev–Trinajstić information content (AvgIpc) is 2.58. The van der Waals surface area contributed by atoms with Gasteiger partial charge in [0, 0.05) is 30.6 Å². The van der Waals surface area contributed by atoms with Crippen LogP contribution in [0.3, 0.4) is 0 Å². The molecule has 3 heteroatoms. The van der Waals surface area contributed by atoms with E-state index in [1.807, 2.05) is 6.07 Å². The number of para-hydroxylation sites is 1. The van der Waals surface area contributed by atoms with Crippen LogP contribution in [-0.4, -0.2) is 24.5 Å². The van der Waals surface area contributed by atoms with E-state index in [0.717, 1.165) is 44.7 Å². The van der Waals surface area contributed by atoms with Crippen LogP contribution < -0.4 is 10.2 Å². The summed E-state index contributed by atoms with van der Waals surface area (Å²) in [5.41, 5.74) is 2.57. The lowest BCUT2D eigenvalue weighted by Gasteiger charge is -2.35. The molecule has 1 saturated heterocycles. The Hall–Kier alpha value is -1.51. The number of halogens is 1. The second kappa shape index (κ2) is 7.17. The zero-order chi connectivity index (χ0) is 15.3. The minimum Gasteiger partial charge on any atom is -0.383 e. The molecule has 2 N–H and O–H groups in total. The van der Waals surface area contributed by atoms with Gasteiger partial charge in [-0.2, -0.15) is 0 Å². The maximum atomic E-state index is 6.82. The van der Waals surface area contributed by atoms with Gasteiger partial charge >= 0.3 is 0 Å². The van der Waals surface area contributed by atoms with Crippen LogP contribution in [0.1, 0.15) is 18.4 Å². The van der Waals surface area contributed by atoms with Crippen molar-refractivity contribution in [3.05, 3.63) is 66.2 Å². The van der Waals surface area contributed by atoms with Crippen molar-refractivity contribution in [3.63, 3.8) is 0 Å². The Morgan fingerprint density at radius 3 is 2.14 bits per heavy atom. The SMILES string of the molecule is ClC1(CNc2ccccc2)CC[NH+](Cc2ccccc2)CC1. The van der Waals surface area contributed by atoms with Crippen molar-refractivity contribution in [3.8, 4) is 0 Å². The lowest BCUT2D eigenvalue weighted by molar-refractivity contribution is -0.919. The third-order valence-electron chi connectivity index (χ3n) is 4.53. The minimum atomic E-state index is -0.101. The Morgan fingerprint density at radius 1 is 0.909 bits per heavy atom. The normalized spacial score (nSPS) is 24.9. The first-order valence-corrected chi connectivity index (χ1v) is 8.47. The maximum absolute atomic E-state index is 6.82. The molecule has 0 saturated carbocycles. The average molecular weight is 316 g/mol. The van der Waals surface area contributed by atoms with Crippen LogP contribution in [0.25, 0.3) is 0 Å². The number of hydrogen-bond acceptors (Lipinski definition) is 1. The van der Waals surface area contributed by atoms with Crippen LogP contribution in [0.4, 0.5) is 5.69 Å². The fourth-order valence-electron chi connectivity index (χ4n) is 3.11. The molecular weight excluding hydrogens is 292 g/mol. The highest BCUT2D eigenvalue weighted by Gasteiger charge is 2.34. The fraction of sp³-hybridized carbons (Fsp3) is 0.368.